The second-order valence-corrected chi connectivity index (χ2v) is 4.83. The topological polar surface area (TPSA) is 48.1 Å². The zero-order valence-electron chi connectivity index (χ0n) is 8.40. The normalized spacial score (nSPS) is 27.0. The molecule has 2 atom stereocenters. The second-order valence-electron chi connectivity index (χ2n) is 3.89. The van der Waals surface area contributed by atoms with Gasteiger partial charge in [0.1, 0.15) is 5.01 Å². The van der Waals surface area contributed by atoms with Crippen LogP contribution in [0, 0.1) is 6.92 Å². The van der Waals surface area contributed by atoms with Crippen molar-refractivity contribution in [2.45, 2.75) is 44.9 Å². The predicted molar refractivity (Wildman–Crippen MR) is 57.3 cm³/mol. The summed E-state index contributed by atoms with van der Waals surface area (Å²) in [5, 5.41) is 3.13. The summed E-state index contributed by atoms with van der Waals surface area (Å²) in [7, 11) is 0. The van der Waals surface area contributed by atoms with Crippen LogP contribution in [0.4, 0.5) is 0 Å². The highest BCUT2D eigenvalue weighted by molar-refractivity contribution is 7.09. The highest BCUT2D eigenvalue weighted by atomic mass is 32.1. The fourth-order valence-corrected chi connectivity index (χ4v) is 2.47. The molecule has 1 aliphatic rings. The van der Waals surface area contributed by atoms with E-state index in [1.165, 1.54) is 0 Å². The third-order valence-corrected chi connectivity index (χ3v) is 3.47. The first-order valence-electron chi connectivity index (χ1n) is 5.02. The molecule has 14 heavy (non-hydrogen) atoms. The summed E-state index contributed by atoms with van der Waals surface area (Å²) < 4.78 is 5.74. The van der Waals surface area contributed by atoms with Crippen LogP contribution in [0.15, 0.2) is 5.38 Å². The molecule has 0 saturated heterocycles. The predicted octanol–water partition coefficient (Wildman–Crippen LogP) is 1.85. The molecule has 78 valence electrons. The Bertz CT molecular complexity index is 300. The van der Waals surface area contributed by atoms with Gasteiger partial charge >= 0.3 is 0 Å². The highest BCUT2D eigenvalue weighted by Gasteiger charge is 2.22. The van der Waals surface area contributed by atoms with Crippen molar-refractivity contribution in [1.29, 1.82) is 0 Å². The van der Waals surface area contributed by atoms with Gasteiger partial charge in [-0.15, -0.1) is 11.3 Å². The standard InChI is InChI=1S/C10H16N2OS/c1-7-6-14-10(12-7)5-13-9-3-2-8(11)4-9/h6,8-9H,2-5,11H2,1H3. The lowest BCUT2D eigenvalue weighted by atomic mass is 10.3. The summed E-state index contributed by atoms with van der Waals surface area (Å²) in [4.78, 5) is 4.35. The molecule has 4 heteroatoms. The fraction of sp³-hybridized carbons (Fsp3) is 0.700. The Hall–Kier alpha value is -0.450. The second kappa shape index (κ2) is 4.38. The maximum Gasteiger partial charge on any atom is 0.119 e. The summed E-state index contributed by atoms with van der Waals surface area (Å²) in [6.45, 7) is 2.65. The van der Waals surface area contributed by atoms with Gasteiger partial charge in [-0.1, -0.05) is 0 Å². The quantitative estimate of drug-likeness (QED) is 0.831. The van der Waals surface area contributed by atoms with Gasteiger partial charge in [-0.3, -0.25) is 0 Å². The Balaban J connectivity index is 1.77. The van der Waals surface area contributed by atoms with Gasteiger partial charge in [0, 0.05) is 17.1 Å². The van der Waals surface area contributed by atoms with Gasteiger partial charge in [0.15, 0.2) is 0 Å². The van der Waals surface area contributed by atoms with Crippen molar-refractivity contribution in [3.8, 4) is 0 Å². The molecule has 2 N–H and O–H groups in total. The van der Waals surface area contributed by atoms with Gasteiger partial charge < -0.3 is 10.5 Å². The molecule has 0 amide bonds. The third kappa shape index (κ3) is 2.53. The minimum atomic E-state index is 0.345. The van der Waals surface area contributed by atoms with E-state index in [1.807, 2.05) is 6.92 Å². The van der Waals surface area contributed by atoms with Crippen LogP contribution in [0.1, 0.15) is 30.0 Å². The number of nitrogens with zero attached hydrogens (tertiary/aromatic N) is 1. The summed E-state index contributed by atoms with van der Waals surface area (Å²) in [6.07, 6.45) is 3.56. The van der Waals surface area contributed by atoms with Gasteiger partial charge in [0.2, 0.25) is 0 Å². The first-order valence-corrected chi connectivity index (χ1v) is 5.90. The molecule has 0 bridgehead atoms. The zero-order chi connectivity index (χ0) is 9.97. The van der Waals surface area contributed by atoms with E-state index in [2.05, 4.69) is 10.4 Å². The molecule has 2 unspecified atom stereocenters. The van der Waals surface area contributed by atoms with Crippen LogP contribution in [0.25, 0.3) is 0 Å². The molecule has 0 aromatic carbocycles. The van der Waals surface area contributed by atoms with Crippen LogP contribution in [0.2, 0.25) is 0 Å². The van der Waals surface area contributed by atoms with Crippen LogP contribution in [-0.4, -0.2) is 17.1 Å². The van der Waals surface area contributed by atoms with E-state index in [9.17, 15) is 0 Å². The number of aromatic nitrogens is 1. The fourth-order valence-electron chi connectivity index (χ4n) is 1.78. The average molecular weight is 212 g/mol. The molecule has 1 saturated carbocycles. The molecule has 0 aliphatic heterocycles. The van der Waals surface area contributed by atoms with Crippen molar-refractivity contribution >= 4 is 11.3 Å². The molecule has 2 rings (SSSR count). The van der Waals surface area contributed by atoms with E-state index in [4.69, 9.17) is 10.5 Å². The highest BCUT2D eigenvalue weighted by Crippen LogP contribution is 2.22. The van der Waals surface area contributed by atoms with Gasteiger partial charge in [-0.25, -0.2) is 4.98 Å². The van der Waals surface area contributed by atoms with E-state index in [1.54, 1.807) is 11.3 Å². The largest absolute Gasteiger partial charge is 0.371 e. The molecule has 1 aliphatic carbocycles. The molecule has 0 spiro atoms. The van der Waals surface area contributed by atoms with Gasteiger partial charge in [0.25, 0.3) is 0 Å². The molecular weight excluding hydrogens is 196 g/mol. The van der Waals surface area contributed by atoms with E-state index in [0.717, 1.165) is 30.0 Å². The van der Waals surface area contributed by atoms with Crippen LogP contribution in [0.3, 0.4) is 0 Å². The summed E-state index contributed by atoms with van der Waals surface area (Å²) >= 11 is 1.67. The van der Waals surface area contributed by atoms with E-state index in [0.29, 0.717) is 18.8 Å². The maximum atomic E-state index is 5.81. The van der Waals surface area contributed by atoms with Gasteiger partial charge in [0.05, 0.1) is 12.7 Å². The number of thiazole rings is 1. The van der Waals surface area contributed by atoms with Crippen molar-refractivity contribution in [2.75, 3.05) is 0 Å². The number of ether oxygens (including phenoxy) is 1. The Labute approximate surface area is 88.3 Å². The van der Waals surface area contributed by atoms with Crippen LogP contribution in [0.5, 0.6) is 0 Å². The van der Waals surface area contributed by atoms with Crippen molar-refractivity contribution in [3.63, 3.8) is 0 Å². The van der Waals surface area contributed by atoms with E-state index >= 15 is 0 Å². The number of rotatable bonds is 3. The van der Waals surface area contributed by atoms with Crippen molar-refractivity contribution in [2.24, 2.45) is 5.73 Å². The number of nitrogens with two attached hydrogens (primary N) is 1. The van der Waals surface area contributed by atoms with Crippen LogP contribution < -0.4 is 5.73 Å². The van der Waals surface area contributed by atoms with Crippen LogP contribution in [-0.2, 0) is 11.3 Å². The Kier molecular flexibility index (Phi) is 3.15. The van der Waals surface area contributed by atoms with Crippen molar-refractivity contribution in [3.05, 3.63) is 16.1 Å². The Morgan fingerprint density at radius 3 is 3.07 bits per heavy atom. The minimum Gasteiger partial charge on any atom is -0.371 e. The zero-order valence-corrected chi connectivity index (χ0v) is 9.22. The van der Waals surface area contributed by atoms with Crippen LogP contribution >= 0.6 is 11.3 Å². The van der Waals surface area contributed by atoms with E-state index < -0.39 is 0 Å². The van der Waals surface area contributed by atoms with E-state index in [-0.39, 0.29) is 0 Å². The lowest BCUT2D eigenvalue weighted by Crippen LogP contribution is -2.17. The molecule has 1 aromatic heterocycles. The third-order valence-electron chi connectivity index (χ3n) is 2.53. The molecule has 1 heterocycles. The maximum absolute atomic E-state index is 5.81. The smallest absolute Gasteiger partial charge is 0.119 e. The molecule has 1 fully saturated rings. The number of hydrogen-bond donors (Lipinski definition) is 1. The average Bonchev–Trinajstić information content (AvgIpc) is 2.72. The monoisotopic (exact) mass is 212 g/mol. The molecule has 3 nitrogen and oxygen atoms in total. The lowest BCUT2D eigenvalue weighted by molar-refractivity contribution is 0.0447. The van der Waals surface area contributed by atoms with Crippen molar-refractivity contribution < 1.29 is 4.74 Å². The Morgan fingerprint density at radius 2 is 2.50 bits per heavy atom. The molecule has 1 aromatic rings. The summed E-state index contributed by atoms with van der Waals surface area (Å²) in [5.41, 5.74) is 6.89. The Morgan fingerprint density at radius 1 is 1.64 bits per heavy atom. The first-order chi connectivity index (χ1) is 6.74. The first kappa shape index (κ1) is 10.1. The SMILES string of the molecule is Cc1csc(COC2CCC(N)C2)n1. The minimum absolute atomic E-state index is 0.345. The number of hydrogen-bond acceptors (Lipinski definition) is 4. The van der Waals surface area contributed by atoms with Gasteiger partial charge in [-0.05, 0) is 26.2 Å². The molecule has 0 radical (unpaired) electrons. The summed E-state index contributed by atoms with van der Waals surface area (Å²) in [6, 6.07) is 0.345. The van der Waals surface area contributed by atoms with Gasteiger partial charge in [-0.2, -0.15) is 0 Å². The molecular formula is C10H16N2OS. The lowest BCUT2D eigenvalue weighted by Gasteiger charge is -2.09. The summed E-state index contributed by atoms with van der Waals surface area (Å²) in [5.74, 6) is 0. The van der Waals surface area contributed by atoms with Crippen molar-refractivity contribution in [1.82, 2.24) is 4.98 Å². The number of aryl methyl sites for hydroxylation is 1.